The van der Waals surface area contributed by atoms with Gasteiger partial charge in [0, 0.05) is 38.5 Å². The molecule has 1 saturated carbocycles. The van der Waals surface area contributed by atoms with Gasteiger partial charge in [0.2, 0.25) is 11.8 Å². The van der Waals surface area contributed by atoms with Crippen LogP contribution >= 0.6 is 0 Å². The molecule has 1 aromatic carbocycles. The van der Waals surface area contributed by atoms with Crippen molar-refractivity contribution >= 4 is 17.8 Å². The lowest BCUT2D eigenvalue weighted by atomic mass is 10.1. The van der Waals surface area contributed by atoms with Crippen molar-refractivity contribution in [1.82, 2.24) is 14.7 Å². The normalized spacial score (nSPS) is 21.6. The predicted molar refractivity (Wildman–Crippen MR) is 105 cm³/mol. The summed E-state index contributed by atoms with van der Waals surface area (Å²) in [5.74, 6) is -0.131. The smallest absolute Gasteiger partial charge is 0.303 e. The number of rotatable bonds is 8. The van der Waals surface area contributed by atoms with Gasteiger partial charge in [0.05, 0.1) is 6.54 Å². The molecule has 0 aromatic heterocycles. The number of piperazine rings is 1. The van der Waals surface area contributed by atoms with Gasteiger partial charge >= 0.3 is 5.97 Å². The molecule has 1 N–H and O–H groups in total. The lowest BCUT2D eigenvalue weighted by Gasteiger charge is -2.35. The van der Waals surface area contributed by atoms with Crippen LogP contribution in [0.1, 0.15) is 30.7 Å². The first-order valence-electron chi connectivity index (χ1n) is 9.97. The second-order valence-corrected chi connectivity index (χ2v) is 7.80. The average molecular weight is 387 g/mol. The maximum atomic E-state index is 12.7. The van der Waals surface area contributed by atoms with Crippen molar-refractivity contribution in [1.29, 1.82) is 0 Å². The Morgan fingerprint density at radius 2 is 1.71 bits per heavy atom. The summed E-state index contributed by atoms with van der Waals surface area (Å²) in [5, 5.41) is 8.68. The molecule has 1 aromatic rings. The zero-order valence-corrected chi connectivity index (χ0v) is 16.4. The predicted octanol–water partition coefficient (Wildman–Crippen LogP) is 1.26. The molecule has 1 aliphatic heterocycles. The summed E-state index contributed by atoms with van der Waals surface area (Å²) in [7, 11) is 1.83. The number of benzene rings is 1. The quantitative estimate of drug-likeness (QED) is 0.726. The van der Waals surface area contributed by atoms with E-state index in [1.807, 2.05) is 35.0 Å². The standard InChI is InChI=1S/C21H29N3O4/c1-22(9-5-8-20(26)27)15-19(25)23-10-12-24(13-11-23)21(28)18-14-17(18)16-6-3-2-4-7-16/h2-4,6-7,17-18H,5,8-15H2,1H3,(H,26,27)/t17-,18+/m0/s1. The fourth-order valence-electron chi connectivity index (χ4n) is 3.86. The fourth-order valence-corrected chi connectivity index (χ4v) is 3.86. The van der Waals surface area contributed by atoms with Crippen LogP contribution in [0.15, 0.2) is 30.3 Å². The summed E-state index contributed by atoms with van der Waals surface area (Å²) in [6, 6.07) is 10.2. The zero-order valence-electron chi connectivity index (χ0n) is 16.4. The molecule has 152 valence electrons. The third-order valence-corrected chi connectivity index (χ3v) is 5.62. The minimum atomic E-state index is -0.814. The van der Waals surface area contributed by atoms with E-state index in [2.05, 4.69) is 12.1 Å². The Labute approximate surface area is 165 Å². The molecule has 1 saturated heterocycles. The number of nitrogens with zero attached hydrogens (tertiary/aromatic N) is 3. The summed E-state index contributed by atoms with van der Waals surface area (Å²) in [5.41, 5.74) is 1.24. The van der Waals surface area contributed by atoms with Crippen LogP contribution in [0.5, 0.6) is 0 Å². The number of carbonyl (C=O) groups is 3. The Hall–Kier alpha value is -2.41. The second kappa shape index (κ2) is 9.19. The number of likely N-dealkylation sites (N-methyl/N-ethyl adjacent to an activating group) is 1. The molecule has 1 heterocycles. The van der Waals surface area contributed by atoms with Crippen molar-refractivity contribution in [3.63, 3.8) is 0 Å². The number of carbonyl (C=O) groups excluding carboxylic acids is 2. The molecule has 7 nitrogen and oxygen atoms in total. The van der Waals surface area contributed by atoms with Gasteiger partial charge in [-0.15, -0.1) is 0 Å². The lowest BCUT2D eigenvalue weighted by Crippen LogP contribution is -2.52. The summed E-state index contributed by atoms with van der Waals surface area (Å²) in [4.78, 5) is 41.3. The van der Waals surface area contributed by atoms with Gasteiger partial charge < -0.3 is 14.9 Å². The van der Waals surface area contributed by atoms with Gasteiger partial charge in [-0.25, -0.2) is 0 Å². The highest BCUT2D eigenvalue weighted by Crippen LogP contribution is 2.48. The van der Waals surface area contributed by atoms with Gasteiger partial charge in [-0.2, -0.15) is 0 Å². The van der Waals surface area contributed by atoms with Gasteiger partial charge in [-0.3, -0.25) is 19.3 Å². The van der Waals surface area contributed by atoms with Crippen molar-refractivity contribution in [2.75, 3.05) is 46.3 Å². The fraction of sp³-hybridized carbons (Fsp3) is 0.571. The minimum Gasteiger partial charge on any atom is -0.481 e. The Bertz CT molecular complexity index is 701. The topological polar surface area (TPSA) is 81.2 Å². The Morgan fingerprint density at radius 1 is 1.07 bits per heavy atom. The number of amides is 2. The van der Waals surface area contributed by atoms with Crippen LogP contribution in [0.4, 0.5) is 0 Å². The number of hydrogen-bond acceptors (Lipinski definition) is 4. The maximum absolute atomic E-state index is 12.7. The number of carboxylic acids is 1. The highest BCUT2D eigenvalue weighted by Gasteiger charge is 2.46. The zero-order chi connectivity index (χ0) is 20.1. The van der Waals surface area contributed by atoms with E-state index in [9.17, 15) is 14.4 Å². The Morgan fingerprint density at radius 3 is 2.36 bits per heavy atom. The van der Waals surface area contributed by atoms with Crippen LogP contribution in [-0.2, 0) is 14.4 Å². The maximum Gasteiger partial charge on any atom is 0.303 e. The molecule has 2 aliphatic rings. The SMILES string of the molecule is CN(CCCC(=O)O)CC(=O)N1CCN(C(=O)[C@@H]2C[C@H]2c2ccccc2)CC1. The highest BCUT2D eigenvalue weighted by atomic mass is 16.4. The van der Waals surface area contributed by atoms with E-state index < -0.39 is 5.97 Å². The van der Waals surface area contributed by atoms with Crippen LogP contribution in [0.2, 0.25) is 0 Å². The summed E-state index contributed by atoms with van der Waals surface area (Å²) >= 11 is 0. The first kappa shape index (κ1) is 20.3. The molecule has 2 amide bonds. The number of aliphatic carboxylic acids is 1. The van der Waals surface area contributed by atoms with Crippen molar-refractivity contribution in [3.05, 3.63) is 35.9 Å². The lowest BCUT2D eigenvalue weighted by molar-refractivity contribution is -0.140. The van der Waals surface area contributed by atoms with E-state index in [0.29, 0.717) is 45.1 Å². The van der Waals surface area contributed by atoms with Crippen LogP contribution in [0.3, 0.4) is 0 Å². The molecular weight excluding hydrogens is 358 g/mol. The Kier molecular flexibility index (Phi) is 6.67. The molecule has 0 unspecified atom stereocenters. The van der Waals surface area contributed by atoms with Crippen molar-refractivity contribution in [3.8, 4) is 0 Å². The monoisotopic (exact) mass is 387 g/mol. The van der Waals surface area contributed by atoms with Gasteiger partial charge in [-0.1, -0.05) is 30.3 Å². The van der Waals surface area contributed by atoms with Crippen LogP contribution in [0.25, 0.3) is 0 Å². The molecule has 7 heteroatoms. The molecule has 2 atom stereocenters. The molecule has 0 bridgehead atoms. The third-order valence-electron chi connectivity index (χ3n) is 5.62. The first-order valence-corrected chi connectivity index (χ1v) is 9.97. The first-order chi connectivity index (χ1) is 13.5. The number of carboxylic acid groups (broad SMARTS) is 1. The average Bonchev–Trinajstić information content (AvgIpc) is 3.49. The van der Waals surface area contributed by atoms with E-state index in [-0.39, 0.29) is 30.7 Å². The molecule has 3 rings (SSSR count). The van der Waals surface area contributed by atoms with Crippen molar-refractivity contribution in [2.24, 2.45) is 5.92 Å². The minimum absolute atomic E-state index is 0.0403. The molecule has 0 spiro atoms. The molecular formula is C21H29N3O4. The summed E-state index contributed by atoms with van der Waals surface area (Å²) < 4.78 is 0. The largest absolute Gasteiger partial charge is 0.481 e. The van der Waals surface area contributed by atoms with Gasteiger partial charge in [0.1, 0.15) is 0 Å². The third kappa shape index (κ3) is 5.32. The second-order valence-electron chi connectivity index (χ2n) is 7.80. The molecule has 1 aliphatic carbocycles. The van der Waals surface area contributed by atoms with Crippen molar-refractivity contribution < 1.29 is 19.5 Å². The van der Waals surface area contributed by atoms with Crippen LogP contribution in [0, 0.1) is 5.92 Å². The van der Waals surface area contributed by atoms with E-state index >= 15 is 0 Å². The molecule has 2 fully saturated rings. The van der Waals surface area contributed by atoms with Gasteiger partial charge in [-0.05, 0) is 37.9 Å². The van der Waals surface area contributed by atoms with Gasteiger partial charge in [0.25, 0.3) is 0 Å². The van der Waals surface area contributed by atoms with E-state index in [1.54, 1.807) is 4.90 Å². The van der Waals surface area contributed by atoms with Crippen LogP contribution in [-0.4, -0.2) is 83.9 Å². The van der Waals surface area contributed by atoms with E-state index in [1.165, 1.54) is 5.56 Å². The van der Waals surface area contributed by atoms with Crippen LogP contribution < -0.4 is 0 Å². The molecule has 0 radical (unpaired) electrons. The number of hydrogen-bond donors (Lipinski definition) is 1. The van der Waals surface area contributed by atoms with E-state index in [4.69, 9.17) is 5.11 Å². The Balaban J connectivity index is 1.39. The summed E-state index contributed by atoms with van der Waals surface area (Å²) in [6.45, 7) is 3.18. The van der Waals surface area contributed by atoms with Crippen molar-refractivity contribution in [2.45, 2.75) is 25.2 Å². The summed E-state index contributed by atoms with van der Waals surface area (Å²) in [6.07, 6.45) is 1.57. The van der Waals surface area contributed by atoms with Gasteiger partial charge in [0.15, 0.2) is 0 Å². The highest BCUT2D eigenvalue weighted by molar-refractivity contribution is 5.84. The molecule has 28 heavy (non-hydrogen) atoms. The van der Waals surface area contributed by atoms with E-state index in [0.717, 1.165) is 6.42 Å².